The Labute approximate surface area is 192 Å². The zero-order valence-corrected chi connectivity index (χ0v) is 19.0. The van der Waals surface area contributed by atoms with Gasteiger partial charge in [0.25, 0.3) is 0 Å². The number of halogens is 2. The predicted octanol–water partition coefficient (Wildman–Crippen LogP) is 5.99. The van der Waals surface area contributed by atoms with E-state index in [1.165, 1.54) is 6.92 Å². The molecule has 158 valence electrons. The number of ketones is 1. The molecule has 1 aliphatic heterocycles. The van der Waals surface area contributed by atoms with Crippen LogP contribution in [0.1, 0.15) is 18.7 Å². The van der Waals surface area contributed by atoms with Gasteiger partial charge in [0.15, 0.2) is 17.8 Å². The normalized spacial score (nSPS) is 15.8. The molecular weight excluding hydrogens is 431 g/mol. The first-order chi connectivity index (χ1) is 14.9. The molecule has 3 aromatic rings. The molecule has 4 rings (SSSR count). The SMILES string of the molecule is CC(=O)C1=NN(c2ccccc2)C(c2ccc(N(C)C)cc2)N1c1ccc(Cl)c(Cl)c1. The molecule has 0 spiro atoms. The van der Waals surface area contributed by atoms with Crippen molar-refractivity contribution in [3.63, 3.8) is 0 Å². The molecule has 0 amide bonds. The van der Waals surface area contributed by atoms with Gasteiger partial charge in [0.1, 0.15) is 0 Å². The lowest BCUT2D eigenvalue weighted by Crippen LogP contribution is -2.37. The Morgan fingerprint density at radius 3 is 2.16 bits per heavy atom. The van der Waals surface area contributed by atoms with Crippen molar-refractivity contribution in [2.75, 3.05) is 28.9 Å². The summed E-state index contributed by atoms with van der Waals surface area (Å²) < 4.78 is 0. The Morgan fingerprint density at radius 1 is 0.903 bits per heavy atom. The second kappa shape index (κ2) is 8.61. The van der Waals surface area contributed by atoms with Crippen molar-refractivity contribution in [1.82, 2.24) is 0 Å². The predicted molar refractivity (Wildman–Crippen MR) is 129 cm³/mol. The summed E-state index contributed by atoms with van der Waals surface area (Å²) in [6.07, 6.45) is -0.366. The molecule has 0 N–H and O–H groups in total. The number of benzene rings is 3. The van der Waals surface area contributed by atoms with Crippen LogP contribution in [0.4, 0.5) is 17.1 Å². The van der Waals surface area contributed by atoms with Crippen LogP contribution in [0.2, 0.25) is 10.0 Å². The highest BCUT2D eigenvalue weighted by Gasteiger charge is 2.39. The van der Waals surface area contributed by atoms with Gasteiger partial charge in [-0.2, -0.15) is 0 Å². The Bertz CT molecular complexity index is 1130. The van der Waals surface area contributed by atoms with Gasteiger partial charge in [-0.15, -0.1) is 5.10 Å². The molecule has 1 unspecified atom stereocenters. The van der Waals surface area contributed by atoms with Crippen LogP contribution in [0.25, 0.3) is 0 Å². The summed E-state index contributed by atoms with van der Waals surface area (Å²) in [5.74, 6) is 0.198. The maximum Gasteiger partial charge on any atom is 0.198 e. The van der Waals surface area contributed by atoms with Crippen LogP contribution in [0.5, 0.6) is 0 Å². The number of hydrazone groups is 1. The van der Waals surface area contributed by atoms with E-state index in [1.54, 1.807) is 12.1 Å². The van der Waals surface area contributed by atoms with Crippen LogP contribution in [0, 0.1) is 0 Å². The second-order valence-corrected chi connectivity index (χ2v) is 8.30. The molecule has 0 aliphatic carbocycles. The van der Waals surface area contributed by atoms with Crippen LogP contribution < -0.4 is 14.8 Å². The van der Waals surface area contributed by atoms with Crippen LogP contribution in [0.3, 0.4) is 0 Å². The van der Waals surface area contributed by atoms with Gasteiger partial charge in [-0.05, 0) is 48.0 Å². The van der Waals surface area contributed by atoms with Gasteiger partial charge in [0, 0.05) is 32.4 Å². The third-order valence-corrected chi connectivity index (χ3v) is 5.87. The van der Waals surface area contributed by atoms with Crippen molar-refractivity contribution in [3.05, 3.63) is 88.4 Å². The molecule has 1 atom stereocenters. The van der Waals surface area contributed by atoms with Gasteiger partial charge in [-0.1, -0.05) is 53.5 Å². The third-order valence-electron chi connectivity index (χ3n) is 5.13. The minimum absolute atomic E-state index is 0.139. The van der Waals surface area contributed by atoms with Gasteiger partial charge < -0.3 is 4.90 Å². The molecule has 0 saturated carbocycles. The second-order valence-electron chi connectivity index (χ2n) is 7.49. The van der Waals surface area contributed by atoms with E-state index in [9.17, 15) is 4.79 Å². The zero-order chi connectivity index (χ0) is 22.1. The molecule has 0 saturated heterocycles. The van der Waals surface area contributed by atoms with Gasteiger partial charge in [-0.3, -0.25) is 9.69 Å². The maximum absolute atomic E-state index is 12.6. The summed E-state index contributed by atoms with van der Waals surface area (Å²) in [6, 6.07) is 23.4. The lowest BCUT2D eigenvalue weighted by Gasteiger charge is -2.32. The molecular formula is C24H22Cl2N4O. The van der Waals surface area contributed by atoms with Gasteiger partial charge >= 0.3 is 0 Å². The number of Topliss-reactive ketones (excluding diaryl/α,β-unsaturated/α-hetero) is 1. The average molecular weight is 453 g/mol. The van der Waals surface area contributed by atoms with E-state index in [-0.39, 0.29) is 11.9 Å². The van der Waals surface area contributed by atoms with Gasteiger partial charge in [0.05, 0.1) is 15.7 Å². The molecule has 7 heteroatoms. The number of anilines is 3. The molecule has 5 nitrogen and oxygen atoms in total. The Kier molecular flexibility index (Phi) is 5.90. The summed E-state index contributed by atoms with van der Waals surface area (Å²) in [5.41, 5.74) is 3.69. The van der Waals surface area contributed by atoms with E-state index in [1.807, 2.05) is 65.3 Å². The number of hydrogen-bond donors (Lipinski definition) is 0. The highest BCUT2D eigenvalue weighted by molar-refractivity contribution is 6.45. The van der Waals surface area contributed by atoms with E-state index in [0.29, 0.717) is 15.9 Å². The third kappa shape index (κ3) is 4.11. The topological polar surface area (TPSA) is 39.2 Å². The van der Waals surface area contributed by atoms with Crippen molar-refractivity contribution in [1.29, 1.82) is 0 Å². The van der Waals surface area contributed by atoms with Crippen molar-refractivity contribution in [2.45, 2.75) is 13.1 Å². The summed E-state index contributed by atoms with van der Waals surface area (Å²) in [4.78, 5) is 16.6. The largest absolute Gasteiger partial charge is 0.378 e. The number of carbonyl (C=O) groups is 1. The number of hydrogen-bond acceptors (Lipinski definition) is 5. The first-order valence-electron chi connectivity index (χ1n) is 9.82. The molecule has 3 aromatic carbocycles. The number of rotatable bonds is 5. The van der Waals surface area contributed by atoms with E-state index in [2.05, 4.69) is 24.3 Å². The summed E-state index contributed by atoms with van der Waals surface area (Å²) in [6.45, 7) is 1.52. The van der Waals surface area contributed by atoms with Gasteiger partial charge in [-0.25, -0.2) is 5.01 Å². The van der Waals surface area contributed by atoms with Gasteiger partial charge in [0.2, 0.25) is 0 Å². The summed E-state index contributed by atoms with van der Waals surface area (Å²) in [7, 11) is 4.00. The Hall–Kier alpha value is -3.02. The van der Waals surface area contributed by atoms with Crippen molar-refractivity contribution >= 4 is 51.9 Å². The van der Waals surface area contributed by atoms with Crippen LogP contribution in [-0.2, 0) is 4.79 Å². The highest BCUT2D eigenvalue weighted by atomic mass is 35.5. The van der Waals surface area contributed by atoms with Crippen LogP contribution in [0.15, 0.2) is 77.9 Å². The molecule has 0 fully saturated rings. The standard InChI is InChI=1S/C24H22Cl2N4O/c1-16(31)23-27-30(19-7-5-4-6-8-19)24(17-9-11-18(12-10-17)28(2)3)29(23)20-13-14-21(25)22(26)15-20/h4-15,24H,1-3H3. The summed E-state index contributed by atoms with van der Waals surface area (Å²) in [5, 5.41) is 7.46. The minimum Gasteiger partial charge on any atom is -0.378 e. The number of nitrogens with zero attached hydrogens (tertiary/aromatic N) is 4. The molecule has 1 heterocycles. The van der Waals surface area contributed by atoms with Crippen LogP contribution >= 0.6 is 23.2 Å². The smallest absolute Gasteiger partial charge is 0.198 e. The number of carbonyl (C=O) groups excluding carboxylic acids is 1. The van der Waals surface area contributed by atoms with E-state index < -0.39 is 0 Å². The minimum atomic E-state index is -0.366. The zero-order valence-electron chi connectivity index (χ0n) is 17.5. The number of amidine groups is 1. The number of para-hydroxylation sites is 1. The monoisotopic (exact) mass is 452 g/mol. The fraction of sp³-hybridized carbons (Fsp3) is 0.167. The quantitative estimate of drug-likeness (QED) is 0.476. The molecule has 0 radical (unpaired) electrons. The highest BCUT2D eigenvalue weighted by Crippen LogP contribution is 2.40. The maximum atomic E-state index is 12.6. The fourth-order valence-electron chi connectivity index (χ4n) is 3.58. The van der Waals surface area contributed by atoms with E-state index in [4.69, 9.17) is 28.3 Å². The Morgan fingerprint density at radius 2 is 1.58 bits per heavy atom. The molecule has 31 heavy (non-hydrogen) atoms. The molecule has 0 aromatic heterocycles. The van der Waals surface area contributed by atoms with E-state index in [0.717, 1.165) is 22.6 Å². The molecule has 0 bridgehead atoms. The first-order valence-corrected chi connectivity index (χ1v) is 10.6. The van der Waals surface area contributed by atoms with Crippen LogP contribution in [-0.4, -0.2) is 25.7 Å². The van der Waals surface area contributed by atoms with Crippen molar-refractivity contribution in [3.8, 4) is 0 Å². The molecule has 1 aliphatic rings. The van der Waals surface area contributed by atoms with Crippen molar-refractivity contribution in [2.24, 2.45) is 5.10 Å². The summed E-state index contributed by atoms with van der Waals surface area (Å²) >= 11 is 12.5. The van der Waals surface area contributed by atoms with Crippen molar-refractivity contribution < 1.29 is 4.79 Å². The lowest BCUT2D eigenvalue weighted by atomic mass is 10.1. The Balaban J connectivity index is 1.89. The lowest BCUT2D eigenvalue weighted by molar-refractivity contribution is -0.111. The fourth-order valence-corrected chi connectivity index (χ4v) is 3.88. The van der Waals surface area contributed by atoms with E-state index >= 15 is 0 Å². The average Bonchev–Trinajstić information content (AvgIpc) is 3.17. The first kappa shape index (κ1) is 21.2.